The number of nitrogens with zero attached hydrogens (tertiary/aromatic N) is 2. The molecule has 0 atom stereocenters. The zero-order valence-corrected chi connectivity index (χ0v) is 20.3. The summed E-state index contributed by atoms with van der Waals surface area (Å²) >= 11 is 0. The maximum absolute atomic E-state index is 3.90. The second-order valence-corrected chi connectivity index (χ2v) is 2.77. The molecule has 1 aliphatic heterocycles. The molecule has 0 saturated carbocycles. The fourth-order valence-electron chi connectivity index (χ4n) is 1.10. The average Bonchev–Trinajstić information content (AvgIpc) is 2.52. The van der Waals surface area contributed by atoms with Gasteiger partial charge in [0.25, 0.3) is 0 Å². The van der Waals surface area contributed by atoms with Crippen molar-refractivity contribution in [3.63, 3.8) is 0 Å². The van der Waals surface area contributed by atoms with E-state index in [1.165, 1.54) is 19.5 Å². The molecule has 127 valence electrons. The summed E-state index contributed by atoms with van der Waals surface area (Å²) < 4.78 is 0. The predicted octanol–water partition coefficient (Wildman–Crippen LogP) is 4.84. The van der Waals surface area contributed by atoms with E-state index in [9.17, 15) is 0 Å². The number of likely N-dealkylation sites (N-methyl/N-ethyl adjacent to an activating group) is 1. The van der Waals surface area contributed by atoms with E-state index >= 15 is 0 Å². The summed E-state index contributed by atoms with van der Waals surface area (Å²) in [6.07, 6.45) is 1.26. The third-order valence-electron chi connectivity index (χ3n) is 1.81. The molecule has 2 nitrogen and oxygen atoms in total. The van der Waals surface area contributed by atoms with Crippen LogP contribution in [0.15, 0.2) is 0 Å². The Morgan fingerprint density at radius 2 is 1.05 bits per heavy atom. The summed E-state index contributed by atoms with van der Waals surface area (Å²) in [5.41, 5.74) is 0. The summed E-state index contributed by atoms with van der Waals surface area (Å²) in [7, 11) is 6.06. The molecule has 0 bridgehead atoms. The fraction of sp³-hybridized carbons (Fsp3) is 0.750. The van der Waals surface area contributed by atoms with Crippen molar-refractivity contribution < 1.29 is 39.6 Å². The number of rotatable bonds is 0. The standard InChI is InChI=1S/C7H15N2.3C2H6.3CH3.V.W/c1-8-4-3-5-9(2)7-6-8;3*1-2;;;;;/h1,3-7H2,2H3;3*1-2H3;3*1H3;;/q-1;;;;3*-1;2*+2. The van der Waals surface area contributed by atoms with Crippen LogP contribution in [0.5, 0.6) is 0 Å². The van der Waals surface area contributed by atoms with Crippen molar-refractivity contribution in [1.29, 1.82) is 0 Å². The van der Waals surface area contributed by atoms with Crippen LogP contribution < -0.4 is 0 Å². The molecule has 1 heterocycles. The monoisotopic (exact) mass is 497 g/mol. The minimum Gasteiger partial charge on any atom is -0.458 e. The van der Waals surface area contributed by atoms with Crippen molar-refractivity contribution >= 4 is 0 Å². The van der Waals surface area contributed by atoms with Gasteiger partial charge in [0, 0.05) is 6.54 Å². The molecule has 0 aromatic heterocycles. The van der Waals surface area contributed by atoms with E-state index in [2.05, 4.69) is 23.9 Å². The first-order valence-electron chi connectivity index (χ1n) is 6.53. The number of hydrogen-bond acceptors (Lipinski definition) is 2. The average molecular weight is 497 g/mol. The van der Waals surface area contributed by atoms with Crippen LogP contribution in [-0.4, -0.2) is 43.0 Å². The van der Waals surface area contributed by atoms with Gasteiger partial charge in [0.1, 0.15) is 0 Å². The smallest absolute Gasteiger partial charge is 0.458 e. The molecular weight excluding hydrogens is 455 g/mol. The minimum atomic E-state index is 0. The molecule has 0 spiro atoms. The van der Waals surface area contributed by atoms with Crippen LogP contribution in [-0.2, 0) is 39.6 Å². The molecule has 1 saturated heterocycles. The van der Waals surface area contributed by atoms with E-state index in [0.29, 0.717) is 0 Å². The zero-order valence-electron chi connectivity index (χ0n) is 16.0. The van der Waals surface area contributed by atoms with Gasteiger partial charge in [0.15, 0.2) is 0 Å². The molecular formula is C16H42N2VW. The van der Waals surface area contributed by atoms with Crippen LogP contribution >= 0.6 is 0 Å². The Labute approximate surface area is 159 Å². The third-order valence-corrected chi connectivity index (χ3v) is 1.81. The van der Waals surface area contributed by atoms with E-state index in [1.807, 2.05) is 41.5 Å². The minimum absolute atomic E-state index is 0. The second kappa shape index (κ2) is 50.0. The fourth-order valence-corrected chi connectivity index (χ4v) is 1.10. The van der Waals surface area contributed by atoms with Crippen LogP contribution in [0, 0.1) is 29.3 Å². The van der Waals surface area contributed by atoms with Crippen LogP contribution in [0.3, 0.4) is 0 Å². The van der Waals surface area contributed by atoms with Crippen LogP contribution in [0.25, 0.3) is 0 Å². The molecule has 0 unspecified atom stereocenters. The van der Waals surface area contributed by atoms with Gasteiger partial charge in [-0.05, 0) is 33.1 Å². The maximum atomic E-state index is 3.90. The molecule has 4 heteroatoms. The summed E-state index contributed by atoms with van der Waals surface area (Å²) in [6.45, 7) is 16.7. The van der Waals surface area contributed by atoms with Gasteiger partial charge in [0.2, 0.25) is 0 Å². The van der Waals surface area contributed by atoms with Gasteiger partial charge in [-0.2, -0.15) is 0 Å². The predicted molar refractivity (Wildman–Crippen MR) is 92.3 cm³/mol. The van der Waals surface area contributed by atoms with E-state index < -0.39 is 0 Å². The Hall–Kier alpha value is 1.19. The van der Waals surface area contributed by atoms with E-state index in [-0.39, 0.29) is 61.9 Å². The Bertz CT molecular complexity index is 86.5. The van der Waals surface area contributed by atoms with Crippen molar-refractivity contribution in [2.24, 2.45) is 0 Å². The van der Waals surface area contributed by atoms with Gasteiger partial charge in [0.05, 0.1) is 0 Å². The van der Waals surface area contributed by atoms with E-state index in [4.69, 9.17) is 0 Å². The van der Waals surface area contributed by atoms with Crippen molar-refractivity contribution in [3.8, 4) is 0 Å². The Morgan fingerprint density at radius 3 is 1.40 bits per heavy atom. The molecule has 1 aliphatic rings. The van der Waals surface area contributed by atoms with Gasteiger partial charge >= 0.3 is 39.6 Å². The quantitative estimate of drug-likeness (QED) is 0.442. The molecule has 0 aliphatic carbocycles. The summed E-state index contributed by atoms with van der Waals surface area (Å²) in [5.74, 6) is 0. The third kappa shape index (κ3) is 42.7. The van der Waals surface area contributed by atoms with Crippen LogP contribution in [0.1, 0.15) is 48.0 Å². The van der Waals surface area contributed by atoms with Gasteiger partial charge in [-0.25, -0.2) is 0 Å². The molecule has 1 rings (SSSR count). The summed E-state index contributed by atoms with van der Waals surface area (Å²) in [5, 5.41) is 0. The second-order valence-electron chi connectivity index (χ2n) is 2.77. The maximum Gasteiger partial charge on any atom is 2.00 e. The van der Waals surface area contributed by atoms with E-state index in [1.54, 1.807) is 0 Å². The Morgan fingerprint density at radius 1 is 0.700 bits per heavy atom. The molecule has 0 aromatic rings. The van der Waals surface area contributed by atoms with Gasteiger partial charge < -0.3 is 32.1 Å². The Kier molecular flexibility index (Phi) is 124. The van der Waals surface area contributed by atoms with Crippen molar-refractivity contribution in [2.75, 3.05) is 33.2 Å². The first kappa shape index (κ1) is 49.6. The first-order valence-corrected chi connectivity index (χ1v) is 6.53. The SMILES string of the molecule is CC.CC.CC.[CH2-]N1CCCN(C)CC1.[CH3-].[CH3-].[CH3-].[V+2].[W+2]. The van der Waals surface area contributed by atoms with Crippen molar-refractivity contribution in [1.82, 2.24) is 9.80 Å². The molecule has 0 N–H and O–H groups in total. The van der Waals surface area contributed by atoms with Gasteiger partial charge in [-0.1, -0.05) is 41.5 Å². The topological polar surface area (TPSA) is 6.48 Å². The van der Waals surface area contributed by atoms with E-state index in [0.717, 1.165) is 13.1 Å². The molecule has 1 fully saturated rings. The normalized spacial score (nSPS) is 12.6. The van der Waals surface area contributed by atoms with Crippen molar-refractivity contribution in [3.05, 3.63) is 29.3 Å². The molecule has 1 radical (unpaired) electrons. The summed E-state index contributed by atoms with van der Waals surface area (Å²) in [6, 6.07) is 0. The van der Waals surface area contributed by atoms with Crippen LogP contribution in [0.4, 0.5) is 0 Å². The molecule has 0 aromatic carbocycles. The largest absolute Gasteiger partial charge is 2.00 e. The first-order chi connectivity index (χ1) is 7.29. The number of hydrogen-bond donors (Lipinski definition) is 0. The molecule has 0 amide bonds. The van der Waals surface area contributed by atoms with Crippen LogP contribution in [0.2, 0.25) is 0 Å². The zero-order chi connectivity index (χ0) is 12.7. The summed E-state index contributed by atoms with van der Waals surface area (Å²) in [4.78, 5) is 4.49. The molecule has 20 heavy (non-hydrogen) atoms. The van der Waals surface area contributed by atoms with Gasteiger partial charge in [-0.3, -0.25) is 7.05 Å². The van der Waals surface area contributed by atoms with Gasteiger partial charge in [-0.15, -0.1) is 0 Å². The van der Waals surface area contributed by atoms with Crippen molar-refractivity contribution in [2.45, 2.75) is 48.0 Å². The Balaban J connectivity index is -0.0000000197.